The summed E-state index contributed by atoms with van der Waals surface area (Å²) in [7, 11) is -2.20. The number of amides is 1. The summed E-state index contributed by atoms with van der Waals surface area (Å²) in [4.78, 5) is 12.8. The van der Waals surface area contributed by atoms with Crippen molar-refractivity contribution in [1.29, 1.82) is 0 Å². The first-order chi connectivity index (χ1) is 10.7. The van der Waals surface area contributed by atoms with Crippen LogP contribution >= 0.6 is 12.4 Å². The fraction of sp³-hybridized carbons (Fsp3) is 0.562. The van der Waals surface area contributed by atoms with Gasteiger partial charge < -0.3 is 11.1 Å². The Labute approximate surface area is 150 Å². The number of hydrogen-bond donors (Lipinski definition) is 3. The van der Waals surface area contributed by atoms with E-state index in [0.29, 0.717) is 11.3 Å². The predicted molar refractivity (Wildman–Crippen MR) is 97.9 cm³/mol. The Morgan fingerprint density at radius 1 is 1.33 bits per heavy atom. The molecule has 0 saturated heterocycles. The lowest BCUT2D eigenvalue weighted by Gasteiger charge is -2.37. The Bertz CT molecular complexity index is 705. The molecule has 136 valence electrons. The van der Waals surface area contributed by atoms with Gasteiger partial charge in [0, 0.05) is 11.2 Å². The molecule has 1 saturated carbocycles. The lowest BCUT2D eigenvalue weighted by molar-refractivity contribution is -0.122. The normalized spacial score (nSPS) is 24.1. The second kappa shape index (κ2) is 7.82. The van der Waals surface area contributed by atoms with Gasteiger partial charge in [-0.15, -0.1) is 12.4 Å². The fourth-order valence-electron chi connectivity index (χ4n) is 3.16. The van der Waals surface area contributed by atoms with Crippen molar-refractivity contribution in [1.82, 2.24) is 4.72 Å². The lowest BCUT2D eigenvalue weighted by atomic mass is 9.74. The van der Waals surface area contributed by atoms with Gasteiger partial charge in [-0.1, -0.05) is 18.9 Å². The quantitative estimate of drug-likeness (QED) is 0.750. The van der Waals surface area contributed by atoms with E-state index >= 15 is 0 Å². The van der Waals surface area contributed by atoms with Crippen LogP contribution in [0.2, 0.25) is 0 Å². The number of carbonyl (C=O) groups is 1. The molecule has 1 fully saturated rings. The number of carbonyl (C=O) groups excluding carboxylic acids is 1. The molecular formula is C16H26ClN3O3S. The van der Waals surface area contributed by atoms with Gasteiger partial charge in [-0.05, 0) is 51.4 Å². The third-order valence-electron chi connectivity index (χ3n) is 4.67. The molecule has 4 N–H and O–H groups in total. The first-order valence-electron chi connectivity index (χ1n) is 7.82. The summed E-state index contributed by atoms with van der Waals surface area (Å²) in [5.41, 5.74) is 6.77. The van der Waals surface area contributed by atoms with Crippen molar-refractivity contribution in [2.24, 2.45) is 11.7 Å². The van der Waals surface area contributed by atoms with Crippen LogP contribution in [0.5, 0.6) is 0 Å². The fourth-order valence-corrected chi connectivity index (χ4v) is 4.15. The van der Waals surface area contributed by atoms with E-state index in [0.717, 1.165) is 25.7 Å². The summed E-state index contributed by atoms with van der Waals surface area (Å²) in [6, 6.07) is 4.85. The molecule has 1 aliphatic rings. The van der Waals surface area contributed by atoms with Crippen LogP contribution in [0.3, 0.4) is 0 Å². The Kier molecular flexibility index (Phi) is 6.81. The topological polar surface area (TPSA) is 101 Å². The zero-order valence-corrected chi connectivity index (χ0v) is 15.9. The molecule has 0 spiro atoms. The van der Waals surface area contributed by atoms with Crippen LogP contribution in [0.1, 0.15) is 38.2 Å². The van der Waals surface area contributed by atoms with Gasteiger partial charge in [0.2, 0.25) is 15.9 Å². The molecule has 2 atom stereocenters. The van der Waals surface area contributed by atoms with Gasteiger partial charge >= 0.3 is 0 Å². The van der Waals surface area contributed by atoms with Crippen molar-refractivity contribution < 1.29 is 13.2 Å². The largest absolute Gasteiger partial charge is 0.326 e. The predicted octanol–water partition coefficient (Wildman–Crippen LogP) is 2.17. The van der Waals surface area contributed by atoms with Crippen LogP contribution in [0.25, 0.3) is 0 Å². The minimum atomic E-state index is -3.56. The molecule has 0 aromatic heterocycles. The average molecular weight is 376 g/mol. The van der Waals surface area contributed by atoms with E-state index < -0.39 is 15.6 Å². The van der Waals surface area contributed by atoms with Crippen LogP contribution in [0.15, 0.2) is 23.1 Å². The molecule has 0 bridgehead atoms. The van der Waals surface area contributed by atoms with Crippen LogP contribution in [-0.4, -0.2) is 26.9 Å². The maximum atomic E-state index is 12.6. The summed E-state index contributed by atoms with van der Waals surface area (Å²) in [6.45, 7) is 3.59. The Morgan fingerprint density at radius 3 is 2.58 bits per heavy atom. The number of benzene rings is 1. The van der Waals surface area contributed by atoms with Gasteiger partial charge in [0.15, 0.2) is 0 Å². The number of nitrogens with one attached hydrogen (secondary N) is 2. The van der Waals surface area contributed by atoms with Crippen molar-refractivity contribution >= 4 is 34.0 Å². The van der Waals surface area contributed by atoms with Gasteiger partial charge in [-0.3, -0.25) is 4.79 Å². The third-order valence-corrected chi connectivity index (χ3v) is 6.23. The van der Waals surface area contributed by atoms with Crippen molar-refractivity contribution in [2.75, 3.05) is 12.4 Å². The molecule has 0 radical (unpaired) electrons. The van der Waals surface area contributed by atoms with E-state index in [2.05, 4.69) is 10.0 Å². The van der Waals surface area contributed by atoms with Gasteiger partial charge in [0.25, 0.3) is 0 Å². The molecule has 6 nitrogen and oxygen atoms in total. The first kappa shape index (κ1) is 20.9. The molecule has 0 aliphatic heterocycles. The summed E-state index contributed by atoms with van der Waals surface area (Å²) in [5, 5.41) is 2.86. The van der Waals surface area contributed by atoms with Gasteiger partial charge in [0.05, 0.1) is 10.8 Å². The Hall–Kier alpha value is -1.15. The van der Waals surface area contributed by atoms with Crippen molar-refractivity contribution in [3.63, 3.8) is 0 Å². The number of anilines is 1. The number of sulfonamides is 1. The van der Waals surface area contributed by atoms with Crippen LogP contribution in [0, 0.1) is 12.8 Å². The zero-order chi connectivity index (χ0) is 17.3. The van der Waals surface area contributed by atoms with Crippen LogP contribution in [0.4, 0.5) is 5.69 Å². The molecule has 8 heteroatoms. The minimum Gasteiger partial charge on any atom is -0.326 e. The Morgan fingerprint density at radius 2 is 2.00 bits per heavy atom. The molecule has 0 heterocycles. The van der Waals surface area contributed by atoms with Gasteiger partial charge in [0.1, 0.15) is 0 Å². The molecule has 24 heavy (non-hydrogen) atoms. The molecule has 2 unspecified atom stereocenters. The highest BCUT2D eigenvalue weighted by Crippen LogP contribution is 2.33. The maximum Gasteiger partial charge on any atom is 0.240 e. The van der Waals surface area contributed by atoms with E-state index in [1.165, 1.54) is 13.1 Å². The second-order valence-electron chi connectivity index (χ2n) is 6.43. The number of hydrogen-bond acceptors (Lipinski definition) is 4. The Balaban J connectivity index is 0.00000288. The average Bonchev–Trinajstić information content (AvgIpc) is 2.48. The SMILES string of the molecule is CNS(=O)(=O)c1cccc(NC(=O)C2CCCCC2(C)N)c1C.Cl. The van der Waals surface area contributed by atoms with E-state index in [1.54, 1.807) is 19.1 Å². The molecule has 2 rings (SSSR count). The highest BCUT2D eigenvalue weighted by Gasteiger charge is 2.38. The number of halogens is 1. The van der Waals surface area contributed by atoms with E-state index in [-0.39, 0.29) is 29.1 Å². The maximum absolute atomic E-state index is 12.6. The summed E-state index contributed by atoms with van der Waals surface area (Å²) in [5.74, 6) is -0.406. The molecule has 1 aromatic rings. The van der Waals surface area contributed by atoms with Gasteiger partial charge in [-0.2, -0.15) is 0 Å². The van der Waals surface area contributed by atoms with E-state index in [1.807, 2.05) is 6.92 Å². The number of rotatable bonds is 4. The zero-order valence-electron chi connectivity index (χ0n) is 14.3. The highest BCUT2D eigenvalue weighted by molar-refractivity contribution is 7.89. The standard InChI is InChI=1S/C16H25N3O3S.ClH/c1-11-13(8-6-9-14(11)23(21,22)18-3)19-15(20)12-7-4-5-10-16(12,2)17;/h6,8-9,12,18H,4-5,7,10,17H2,1-3H3,(H,19,20);1H. The third kappa shape index (κ3) is 4.27. The van der Waals surface area contributed by atoms with Gasteiger partial charge in [-0.25, -0.2) is 13.1 Å². The molecule has 1 aromatic carbocycles. The second-order valence-corrected chi connectivity index (χ2v) is 8.28. The smallest absolute Gasteiger partial charge is 0.240 e. The monoisotopic (exact) mass is 375 g/mol. The van der Waals surface area contributed by atoms with E-state index in [9.17, 15) is 13.2 Å². The lowest BCUT2D eigenvalue weighted by Crippen LogP contribution is -2.51. The number of nitrogens with two attached hydrogens (primary N) is 1. The molecule has 1 aliphatic carbocycles. The summed E-state index contributed by atoms with van der Waals surface area (Å²) >= 11 is 0. The minimum absolute atomic E-state index is 0. The molecular weight excluding hydrogens is 350 g/mol. The highest BCUT2D eigenvalue weighted by atomic mass is 35.5. The van der Waals surface area contributed by atoms with Crippen LogP contribution < -0.4 is 15.8 Å². The van der Waals surface area contributed by atoms with E-state index in [4.69, 9.17) is 5.73 Å². The summed E-state index contributed by atoms with van der Waals surface area (Å²) < 4.78 is 26.3. The first-order valence-corrected chi connectivity index (χ1v) is 9.30. The van der Waals surface area contributed by atoms with Crippen molar-refractivity contribution in [2.45, 2.75) is 50.0 Å². The van der Waals surface area contributed by atoms with Crippen molar-refractivity contribution in [3.05, 3.63) is 23.8 Å². The van der Waals surface area contributed by atoms with Crippen molar-refractivity contribution in [3.8, 4) is 0 Å². The molecule has 1 amide bonds. The van der Waals surface area contributed by atoms with Crippen LogP contribution in [-0.2, 0) is 14.8 Å². The summed E-state index contributed by atoms with van der Waals surface area (Å²) in [6.07, 6.45) is 3.59.